The van der Waals surface area contributed by atoms with E-state index in [4.69, 9.17) is 9.72 Å². The maximum Gasteiger partial charge on any atom is 0.215 e. The van der Waals surface area contributed by atoms with Crippen molar-refractivity contribution in [3.63, 3.8) is 0 Å². The van der Waals surface area contributed by atoms with E-state index in [0.717, 1.165) is 49.8 Å². The summed E-state index contributed by atoms with van der Waals surface area (Å²) in [6, 6.07) is 3.89. The van der Waals surface area contributed by atoms with Gasteiger partial charge in [-0.05, 0) is 89.5 Å². The zero-order chi connectivity index (χ0) is 23.3. The van der Waals surface area contributed by atoms with Gasteiger partial charge in [-0.25, -0.2) is 4.68 Å². The van der Waals surface area contributed by atoms with Crippen LogP contribution < -0.4 is 4.74 Å². The largest absolute Gasteiger partial charge is 0.474 e. The van der Waals surface area contributed by atoms with Crippen LogP contribution in [0.4, 0.5) is 0 Å². The SMILES string of the molecule is Cn1nc(C(=O)CC2CCN(CCN3CCCCC3)CC2)c2ccc(OC3CCCCC3)nc21. The van der Waals surface area contributed by atoms with Gasteiger partial charge in [0.15, 0.2) is 11.4 Å². The topological polar surface area (TPSA) is 63.5 Å². The van der Waals surface area contributed by atoms with Crippen molar-refractivity contribution >= 4 is 16.8 Å². The fraction of sp³-hybridized carbons (Fsp3) is 0.741. The molecule has 0 unspecified atom stereocenters. The molecule has 1 aliphatic carbocycles. The van der Waals surface area contributed by atoms with Crippen molar-refractivity contribution in [3.8, 4) is 5.88 Å². The number of fused-ring (bicyclic) bond motifs is 1. The lowest BCUT2D eigenvalue weighted by Crippen LogP contribution is -2.41. The second-order valence-corrected chi connectivity index (χ2v) is 10.7. The van der Waals surface area contributed by atoms with Crippen molar-refractivity contribution in [2.24, 2.45) is 13.0 Å². The van der Waals surface area contributed by atoms with Gasteiger partial charge in [0.2, 0.25) is 5.88 Å². The molecule has 7 nitrogen and oxygen atoms in total. The van der Waals surface area contributed by atoms with E-state index in [1.54, 1.807) is 4.68 Å². The molecule has 2 aromatic rings. The third kappa shape index (κ3) is 5.80. The lowest BCUT2D eigenvalue weighted by molar-refractivity contribution is 0.0915. The predicted octanol–water partition coefficient (Wildman–Crippen LogP) is 4.45. The lowest BCUT2D eigenvalue weighted by atomic mass is 9.90. The predicted molar refractivity (Wildman–Crippen MR) is 134 cm³/mol. The Morgan fingerprint density at radius 1 is 0.912 bits per heavy atom. The van der Waals surface area contributed by atoms with Gasteiger partial charge in [-0.1, -0.05) is 12.8 Å². The molecule has 34 heavy (non-hydrogen) atoms. The van der Waals surface area contributed by atoms with Crippen LogP contribution in [0.3, 0.4) is 0 Å². The number of pyridine rings is 1. The molecule has 1 saturated carbocycles. The molecule has 0 amide bonds. The third-order valence-corrected chi connectivity index (χ3v) is 8.13. The molecule has 3 fully saturated rings. The maximum atomic E-state index is 13.2. The molecule has 0 spiro atoms. The van der Waals surface area contributed by atoms with E-state index >= 15 is 0 Å². The number of carbonyl (C=O) groups is 1. The Kier molecular flexibility index (Phi) is 7.80. The van der Waals surface area contributed by atoms with Gasteiger partial charge >= 0.3 is 0 Å². The van der Waals surface area contributed by atoms with Crippen LogP contribution in [-0.4, -0.2) is 75.7 Å². The number of piperidine rings is 2. The van der Waals surface area contributed by atoms with Crippen LogP contribution in [0, 0.1) is 5.92 Å². The first-order chi connectivity index (χ1) is 16.7. The second-order valence-electron chi connectivity index (χ2n) is 10.7. The molecule has 2 aliphatic heterocycles. The number of hydrogen-bond donors (Lipinski definition) is 0. The Labute approximate surface area is 203 Å². The van der Waals surface area contributed by atoms with Crippen LogP contribution in [0.1, 0.15) is 81.1 Å². The summed E-state index contributed by atoms with van der Waals surface area (Å²) in [5.41, 5.74) is 1.31. The van der Waals surface area contributed by atoms with E-state index in [1.165, 1.54) is 64.7 Å². The molecule has 0 atom stereocenters. The lowest BCUT2D eigenvalue weighted by Gasteiger charge is -2.34. The summed E-state index contributed by atoms with van der Waals surface area (Å²) < 4.78 is 7.87. The van der Waals surface area contributed by atoms with Crippen LogP contribution in [0.25, 0.3) is 11.0 Å². The molecule has 0 N–H and O–H groups in total. The summed E-state index contributed by atoms with van der Waals surface area (Å²) in [5, 5.41) is 5.42. The molecule has 3 aliphatic rings. The molecule has 0 radical (unpaired) electrons. The standard InChI is InChI=1S/C27H41N5O2/c1-30-27-23(10-11-25(28-27)34-22-8-4-2-5-9-22)26(29-30)24(33)20-21-12-16-32(17-13-21)19-18-31-14-6-3-7-15-31/h10-11,21-22H,2-9,12-20H2,1H3. The maximum absolute atomic E-state index is 13.2. The average molecular weight is 468 g/mol. The van der Waals surface area contributed by atoms with Gasteiger partial charge in [-0.2, -0.15) is 10.1 Å². The first-order valence-corrected chi connectivity index (χ1v) is 13.6. The highest BCUT2D eigenvalue weighted by atomic mass is 16.5. The van der Waals surface area contributed by atoms with E-state index < -0.39 is 0 Å². The van der Waals surface area contributed by atoms with Crippen LogP contribution in [0.15, 0.2) is 12.1 Å². The molecule has 2 aromatic heterocycles. The van der Waals surface area contributed by atoms with Crippen molar-refractivity contribution in [1.82, 2.24) is 24.6 Å². The van der Waals surface area contributed by atoms with E-state index in [2.05, 4.69) is 14.9 Å². The number of likely N-dealkylation sites (tertiary alicyclic amines) is 2. The summed E-state index contributed by atoms with van der Waals surface area (Å²) in [6.45, 7) is 7.12. The molecule has 7 heteroatoms. The van der Waals surface area contributed by atoms with Gasteiger partial charge in [0.25, 0.3) is 0 Å². The average Bonchev–Trinajstić information content (AvgIpc) is 3.21. The van der Waals surface area contributed by atoms with Gasteiger partial charge in [-0.15, -0.1) is 0 Å². The number of carbonyl (C=O) groups excluding carboxylic acids is 1. The Bertz CT molecular complexity index is 953. The van der Waals surface area contributed by atoms with Crippen molar-refractivity contribution in [2.45, 2.75) is 76.7 Å². The van der Waals surface area contributed by atoms with E-state index in [1.807, 2.05) is 19.2 Å². The number of Topliss-reactive ketones (excluding diaryl/α,β-unsaturated/α-hetero) is 1. The Morgan fingerprint density at radius 2 is 1.59 bits per heavy atom. The normalized spacial score (nSPS) is 21.8. The van der Waals surface area contributed by atoms with E-state index in [0.29, 0.717) is 23.9 Å². The first-order valence-electron chi connectivity index (χ1n) is 13.6. The molecular formula is C27H41N5O2. The smallest absolute Gasteiger partial charge is 0.215 e. The van der Waals surface area contributed by atoms with Gasteiger partial charge < -0.3 is 14.5 Å². The zero-order valence-corrected chi connectivity index (χ0v) is 20.9. The summed E-state index contributed by atoms with van der Waals surface area (Å²) in [7, 11) is 1.87. The minimum Gasteiger partial charge on any atom is -0.474 e. The third-order valence-electron chi connectivity index (χ3n) is 8.13. The van der Waals surface area contributed by atoms with Crippen molar-refractivity contribution < 1.29 is 9.53 Å². The molecule has 186 valence electrons. The highest BCUT2D eigenvalue weighted by Gasteiger charge is 2.25. The highest BCUT2D eigenvalue weighted by Crippen LogP contribution is 2.27. The second kappa shape index (κ2) is 11.2. The van der Waals surface area contributed by atoms with Crippen LogP contribution in [0.5, 0.6) is 5.88 Å². The number of rotatable bonds is 8. The van der Waals surface area contributed by atoms with Crippen LogP contribution in [0.2, 0.25) is 0 Å². The molecule has 5 rings (SSSR count). The van der Waals surface area contributed by atoms with Gasteiger partial charge in [0.05, 0.1) is 5.39 Å². The molecule has 2 saturated heterocycles. The Hall–Kier alpha value is -1.99. The molecule has 0 bridgehead atoms. The Morgan fingerprint density at radius 3 is 2.32 bits per heavy atom. The summed E-state index contributed by atoms with van der Waals surface area (Å²) in [5.74, 6) is 1.26. The minimum absolute atomic E-state index is 0.153. The number of ether oxygens (including phenoxy) is 1. The van der Waals surface area contributed by atoms with E-state index in [9.17, 15) is 4.79 Å². The molecular weight excluding hydrogens is 426 g/mol. The quantitative estimate of drug-likeness (QED) is 0.535. The van der Waals surface area contributed by atoms with Crippen molar-refractivity contribution in [2.75, 3.05) is 39.3 Å². The number of aromatic nitrogens is 3. The van der Waals surface area contributed by atoms with Gasteiger partial charge in [0.1, 0.15) is 11.8 Å². The molecule has 0 aromatic carbocycles. The fourth-order valence-electron chi connectivity index (χ4n) is 5.98. The minimum atomic E-state index is 0.153. The zero-order valence-electron chi connectivity index (χ0n) is 20.9. The van der Waals surface area contributed by atoms with Gasteiger partial charge in [0, 0.05) is 32.6 Å². The van der Waals surface area contributed by atoms with Crippen LogP contribution in [-0.2, 0) is 7.05 Å². The number of hydrogen-bond acceptors (Lipinski definition) is 6. The number of nitrogens with zero attached hydrogens (tertiary/aromatic N) is 5. The fourth-order valence-corrected chi connectivity index (χ4v) is 5.98. The number of ketones is 1. The van der Waals surface area contributed by atoms with Crippen molar-refractivity contribution in [1.29, 1.82) is 0 Å². The molecule has 4 heterocycles. The monoisotopic (exact) mass is 467 g/mol. The summed E-state index contributed by atoms with van der Waals surface area (Å²) in [6.07, 6.45) is 13.1. The Balaban J connectivity index is 1.14. The van der Waals surface area contributed by atoms with Gasteiger partial charge in [-0.3, -0.25) is 4.79 Å². The highest BCUT2D eigenvalue weighted by molar-refractivity contribution is 6.05. The summed E-state index contributed by atoms with van der Waals surface area (Å²) >= 11 is 0. The number of aryl methyl sites for hydroxylation is 1. The first kappa shape index (κ1) is 23.7. The summed E-state index contributed by atoms with van der Waals surface area (Å²) in [4.78, 5) is 23.1. The van der Waals surface area contributed by atoms with E-state index in [-0.39, 0.29) is 11.9 Å². The van der Waals surface area contributed by atoms with Crippen LogP contribution >= 0.6 is 0 Å². The van der Waals surface area contributed by atoms with Crippen molar-refractivity contribution in [3.05, 3.63) is 17.8 Å².